The van der Waals surface area contributed by atoms with Crippen LogP contribution in [0.3, 0.4) is 0 Å². The van der Waals surface area contributed by atoms with E-state index < -0.39 is 224 Å². The Hall–Kier alpha value is -1.24. The quantitative estimate of drug-likeness (QED) is 0.0606. The SMILES string of the molecule is COC1OC(COC2OC(CO)C(O)C(O)C2O)C(OC2OC(CO)C(OC3OC(CO)C(OC4OC(CO)C(OC5OC(CO)C(OC)C(O)C5O)C(O)C4O)C(O)C3O)C(O)C2O)C(O)C1O. The summed E-state index contributed by atoms with van der Waals surface area (Å²) in [5.74, 6) is 0. The van der Waals surface area contributed by atoms with Crippen LogP contribution in [-0.2, 0) is 61.6 Å². The van der Waals surface area contributed by atoms with E-state index in [0.717, 1.165) is 7.11 Å². The first-order chi connectivity index (χ1) is 32.8. The van der Waals surface area contributed by atoms with E-state index in [-0.39, 0.29) is 0 Å². The molecule has 30 unspecified atom stereocenters. The molecular weight excluding hydrogens is 952 g/mol. The van der Waals surface area contributed by atoms with Gasteiger partial charge < -0.3 is 153 Å². The van der Waals surface area contributed by atoms with Crippen LogP contribution in [-0.4, -0.2) is 330 Å². The van der Waals surface area contributed by atoms with Gasteiger partial charge in [-0.1, -0.05) is 0 Å². The van der Waals surface area contributed by atoms with Gasteiger partial charge in [0.25, 0.3) is 0 Å². The fourth-order valence-corrected chi connectivity index (χ4v) is 8.87. The van der Waals surface area contributed by atoms with Gasteiger partial charge in [0.15, 0.2) is 37.7 Å². The second-order valence-corrected chi connectivity index (χ2v) is 17.2. The van der Waals surface area contributed by atoms with Gasteiger partial charge in [0.1, 0.15) is 146 Å². The van der Waals surface area contributed by atoms with E-state index >= 15 is 0 Å². The molecule has 0 aliphatic carbocycles. The van der Waals surface area contributed by atoms with Crippen LogP contribution in [0.1, 0.15) is 0 Å². The number of ether oxygens (including phenoxy) is 13. The van der Waals surface area contributed by atoms with Gasteiger partial charge in [-0.2, -0.15) is 0 Å². The summed E-state index contributed by atoms with van der Waals surface area (Å²) in [5, 5.41) is 191. The van der Waals surface area contributed by atoms with Gasteiger partial charge in [0, 0.05) is 14.2 Å². The fraction of sp³-hybridized carbons (Fsp3) is 1.00. The van der Waals surface area contributed by atoms with Gasteiger partial charge in [0.2, 0.25) is 0 Å². The van der Waals surface area contributed by atoms with Crippen molar-refractivity contribution in [1.29, 1.82) is 0 Å². The smallest absolute Gasteiger partial charge is 0.187 e. The molecule has 6 saturated heterocycles. The maximum absolute atomic E-state index is 11.3. The van der Waals surface area contributed by atoms with Crippen molar-refractivity contribution in [1.82, 2.24) is 0 Å². The third-order valence-corrected chi connectivity index (χ3v) is 12.9. The van der Waals surface area contributed by atoms with Gasteiger partial charge in [0.05, 0.1) is 39.6 Å². The maximum atomic E-state index is 11.3. The molecule has 31 nitrogen and oxygen atoms in total. The highest BCUT2D eigenvalue weighted by Gasteiger charge is 2.57. The number of aliphatic hydroxyl groups excluding tert-OH is 18. The van der Waals surface area contributed by atoms with E-state index in [2.05, 4.69) is 0 Å². The first-order valence-electron chi connectivity index (χ1n) is 21.9. The van der Waals surface area contributed by atoms with Crippen LogP contribution in [0.15, 0.2) is 0 Å². The molecule has 69 heavy (non-hydrogen) atoms. The number of hydrogen-bond acceptors (Lipinski definition) is 31. The Labute approximate surface area is 391 Å². The lowest BCUT2D eigenvalue weighted by Crippen LogP contribution is -2.68. The Bertz CT molecular complexity index is 1530. The highest BCUT2D eigenvalue weighted by atomic mass is 16.8. The molecule has 6 heterocycles. The number of rotatable bonds is 18. The van der Waals surface area contributed by atoms with E-state index in [1.54, 1.807) is 0 Å². The number of hydrogen-bond donors (Lipinski definition) is 18. The van der Waals surface area contributed by atoms with Crippen molar-refractivity contribution < 1.29 is 153 Å². The molecule has 6 fully saturated rings. The molecule has 0 spiro atoms. The molecule has 0 bridgehead atoms. The topological polar surface area (TPSA) is 484 Å². The summed E-state index contributed by atoms with van der Waals surface area (Å²) in [4.78, 5) is 0. The molecule has 6 rings (SSSR count). The van der Waals surface area contributed by atoms with Gasteiger partial charge >= 0.3 is 0 Å². The van der Waals surface area contributed by atoms with Crippen LogP contribution in [0.4, 0.5) is 0 Å². The van der Waals surface area contributed by atoms with E-state index in [1.165, 1.54) is 7.11 Å². The summed E-state index contributed by atoms with van der Waals surface area (Å²) >= 11 is 0. The summed E-state index contributed by atoms with van der Waals surface area (Å²) in [7, 11) is 2.32. The molecule has 18 N–H and O–H groups in total. The second-order valence-electron chi connectivity index (χ2n) is 17.2. The Balaban J connectivity index is 1.09. The zero-order chi connectivity index (χ0) is 50.8. The van der Waals surface area contributed by atoms with Crippen LogP contribution >= 0.6 is 0 Å². The molecule has 6 aliphatic rings. The van der Waals surface area contributed by atoms with Gasteiger partial charge in [-0.05, 0) is 0 Å². The zero-order valence-electron chi connectivity index (χ0n) is 36.9. The highest BCUT2D eigenvalue weighted by Crippen LogP contribution is 2.36. The van der Waals surface area contributed by atoms with Gasteiger partial charge in [-0.25, -0.2) is 0 Å². The molecule has 0 amide bonds. The average Bonchev–Trinajstić information content (AvgIpc) is 3.34. The van der Waals surface area contributed by atoms with Crippen molar-refractivity contribution in [3.8, 4) is 0 Å². The van der Waals surface area contributed by atoms with Gasteiger partial charge in [-0.15, -0.1) is 0 Å². The van der Waals surface area contributed by atoms with Crippen molar-refractivity contribution in [3.05, 3.63) is 0 Å². The minimum Gasteiger partial charge on any atom is -0.394 e. The van der Waals surface area contributed by atoms with Crippen LogP contribution in [0.25, 0.3) is 0 Å². The fourth-order valence-electron chi connectivity index (χ4n) is 8.87. The van der Waals surface area contributed by atoms with Crippen molar-refractivity contribution in [2.75, 3.05) is 53.9 Å². The Morgan fingerprint density at radius 2 is 0.551 bits per heavy atom. The van der Waals surface area contributed by atoms with Crippen molar-refractivity contribution in [2.45, 2.75) is 184 Å². The van der Waals surface area contributed by atoms with E-state index in [0.29, 0.717) is 0 Å². The van der Waals surface area contributed by atoms with Crippen LogP contribution in [0.5, 0.6) is 0 Å². The third-order valence-electron chi connectivity index (χ3n) is 12.9. The van der Waals surface area contributed by atoms with E-state index in [9.17, 15) is 91.9 Å². The summed E-state index contributed by atoms with van der Waals surface area (Å²) in [6.07, 6.45) is -53.4. The second kappa shape index (κ2) is 24.9. The molecule has 0 aromatic rings. The molecule has 0 aromatic heterocycles. The molecule has 31 heteroatoms. The number of methoxy groups -OCH3 is 2. The monoisotopic (exact) mass is 1020 g/mol. The highest BCUT2D eigenvalue weighted by molar-refractivity contribution is 4.99. The first kappa shape index (κ1) is 57.0. The van der Waals surface area contributed by atoms with Crippen LogP contribution in [0.2, 0.25) is 0 Å². The Morgan fingerprint density at radius 3 is 0.884 bits per heavy atom. The Morgan fingerprint density at radius 1 is 0.275 bits per heavy atom. The first-order valence-corrected chi connectivity index (χ1v) is 21.9. The Kier molecular flexibility index (Phi) is 20.6. The minimum atomic E-state index is -2.16. The summed E-state index contributed by atoms with van der Waals surface area (Å²) in [6, 6.07) is 0. The molecule has 0 radical (unpaired) electrons. The van der Waals surface area contributed by atoms with Crippen molar-refractivity contribution >= 4 is 0 Å². The van der Waals surface area contributed by atoms with Crippen LogP contribution < -0.4 is 0 Å². The lowest BCUT2D eigenvalue weighted by Gasteiger charge is -2.49. The molecule has 0 aromatic carbocycles. The predicted molar refractivity (Wildman–Crippen MR) is 209 cm³/mol. The zero-order valence-corrected chi connectivity index (χ0v) is 36.9. The summed E-state index contributed by atoms with van der Waals surface area (Å²) in [5.41, 5.74) is 0. The van der Waals surface area contributed by atoms with Crippen molar-refractivity contribution in [3.63, 3.8) is 0 Å². The predicted octanol–water partition coefficient (Wildman–Crippen LogP) is -12.8. The molecule has 0 saturated carbocycles. The number of aliphatic hydroxyl groups is 18. The standard InChI is InChI=1S/C38H66O31/c1-57-28-10(4-40)61-35(24(53)17(28)46)66-29-11(5-41)62-36(25(54)19(29)48)67-30-12(6-42)63-37(26(55)20(30)49)68-31-13(7-43)64-38(27(56)21(31)50)69-32-14(65-33(58-2)23(52)18(32)47)8-59-34-22(51)16(45)15(44)9(3-39)60-34/h9-56H,3-8H2,1-2H3. The van der Waals surface area contributed by atoms with E-state index in [4.69, 9.17) is 61.6 Å². The van der Waals surface area contributed by atoms with E-state index in [1.807, 2.05) is 0 Å². The molecular formula is C38H66O31. The summed E-state index contributed by atoms with van der Waals surface area (Å²) in [6.45, 7) is -5.11. The van der Waals surface area contributed by atoms with Crippen LogP contribution in [0, 0.1) is 0 Å². The third kappa shape index (κ3) is 11.8. The summed E-state index contributed by atoms with van der Waals surface area (Å²) < 4.78 is 72.0. The lowest BCUT2D eigenvalue weighted by molar-refractivity contribution is -0.394. The molecule has 6 aliphatic heterocycles. The minimum absolute atomic E-state index is 0.689. The normalized spacial score (nSPS) is 52.2. The van der Waals surface area contributed by atoms with Crippen molar-refractivity contribution in [2.24, 2.45) is 0 Å². The average molecular weight is 1020 g/mol. The largest absolute Gasteiger partial charge is 0.394 e. The van der Waals surface area contributed by atoms with Gasteiger partial charge in [-0.3, -0.25) is 0 Å². The lowest BCUT2D eigenvalue weighted by atomic mass is 9.95. The molecule has 404 valence electrons. The maximum Gasteiger partial charge on any atom is 0.187 e. The molecule has 30 atom stereocenters.